The van der Waals surface area contributed by atoms with E-state index in [0.717, 1.165) is 23.5 Å². The first-order valence-electron chi connectivity index (χ1n) is 7.30. The lowest BCUT2D eigenvalue weighted by atomic mass is 10.1. The highest BCUT2D eigenvalue weighted by Crippen LogP contribution is 2.32. The summed E-state index contributed by atoms with van der Waals surface area (Å²) in [5, 5.41) is 3.76. The van der Waals surface area contributed by atoms with Crippen molar-refractivity contribution in [1.82, 2.24) is 10.3 Å². The summed E-state index contributed by atoms with van der Waals surface area (Å²) < 4.78 is 37.8. The number of hydrogen-bond acceptors (Lipinski definition) is 4. The van der Waals surface area contributed by atoms with Gasteiger partial charge >= 0.3 is 6.18 Å². The van der Waals surface area contributed by atoms with E-state index in [0.29, 0.717) is 18.2 Å². The number of nitrogens with zero attached hydrogens (tertiary/aromatic N) is 2. The monoisotopic (exact) mass is 323 g/mol. The first-order chi connectivity index (χ1) is 9.78. The van der Waals surface area contributed by atoms with Crippen LogP contribution < -0.4 is 10.2 Å². The minimum Gasteiger partial charge on any atom is -0.339 e. The highest BCUT2D eigenvalue weighted by atomic mass is 32.1. The Morgan fingerprint density at radius 1 is 1.29 bits per heavy atom. The van der Waals surface area contributed by atoms with Crippen LogP contribution in [0, 0.1) is 0 Å². The van der Waals surface area contributed by atoms with Gasteiger partial charge in [0, 0.05) is 18.0 Å². The van der Waals surface area contributed by atoms with Crippen molar-refractivity contribution < 1.29 is 13.2 Å². The van der Waals surface area contributed by atoms with Crippen molar-refractivity contribution in [2.24, 2.45) is 0 Å². The largest absolute Gasteiger partial charge is 0.406 e. The van der Waals surface area contributed by atoms with Crippen LogP contribution in [-0.4, -0.2) is 30.8 Å². The van der Waals surface area contributed by atoms with Gasteiger partial charge in [0.2, 0.25) is 0 Å². The maximum atomic E-state index is 12.6. The molecule has 0 amide bonds. The van der Waals surface area contributed by atoms with Crippen LogP contribution in [0.25, 0.3) is 0 Å². The quantitative estimate of drug-likeness (QED) is 0.728. The fourth-order valence-electron chi connectivity index (χ4n) is 1.97. The minimum absolute atomic E-state index is 0.206. The molecule has 0 aliphatic carbocycles. The summed E-state index contributed by atoms with van der Waals surface area (Å²) in [7, 11) is 0. The van der Waals surface area contributed by atoms with Crippen molar-refractivity contribution in [3.8, 4) is 0 Å². The first kappa shape index (κ1) is 18.2. The van der Waals surface area contributed by atoms with Crippen molar-refractivity contribution in [2.75, 3.05) is 24.5 Å². The molecular formula is C14H24F3N3S. The number of anilines is 1. The Balaban J connectivity index is 2.93. The third-order valence-corrected chi connectivity index (χ3v) is 4.13. The standard InChI is InChI=1S/C14H24F3N3S/c1-5-7-18-8-11-12(10(3)4)19-13(21-11)20(6-2)9-14(15,16)17/h10,18H,5-9H2,1-4H3. The van der Waals surface area contributed by atoms with Gasteiger partial charge in [-0.1, -0.05) is 20.8 Å². The maximum Gasteiger partial charge on any atom is 0.406 e. The molecule has 3 nitrogen and oxygen atoms in total. The SMILES string of the molecule is CCCNCc1sc(N(CC)CC(F)(F)F)nc1C(C)C. The van der Waals surface area contributed by atoms with Gasteiger partial charge in [-0.25, -0.2) is 4.98 Å². The van der Waals surface area contributed by atoms with E-state index in [1.807, 2.05) is 13.8 Å². The zero-order valence-electron chi connectivity index (χ0n) is 13.0. The van der Waals surface area contributed by atoms with Crippen LogP contribution in [0.2, 0.25) is 0 Å². The Labute approximate surface area is 128 Å². The molecule has 0 spiro atoms. The summed E-state index contributed by atoms with van der Waals surface area (Å²) in [4.78, 5) is 6.78. The van der Waals surface area contributed by atoms with Gasteiger partial charge in [-0.15, -0.1) is 11.3 Å². The summed E-state index contributed by atoms with van der Waals surface area (Å²) in [6.45, 7) is 8.74. The third kappa shape index (κ3) is 5.82. The second kappa shape index (κ2) is 7.98. The fourth-order valence-corrected chi connectivity index (χ4v) is 3.22. The Bertz CT molecular complexity index is 430. The van der Waals surface area contributed by atoms with E-state index < -0.39 is 12.7 Å². The Morgan fingerprint density at radius 3 is 2.43 bits per heavy atom. The fraction of sp³-hybridized carbons (Fsp3) is 0.786. The zero-order chi connectivity index (χ0) is 16.0. The Morgan fingerprint density at radius 2 is 1.95 bits per heavy atom. The molecule has 1 rings (SSSR count). The zero-order valence-corrected chi connectivity index (χ0v) is 13.9. The highest BCUT2D eigenvalue weighted by Gasteiger charge is 2.32. The van der Waals surface area contributed by atoms with E-state index >= 15 is 0 Å². The molecule has 0 unspecified atom stereocenters. The van der Waals surface area contributed by atoms with E-state index in [4.69, 9.17) is 0 Å². The lowest BCUT2D eigenvalue weighted by molar-refractivity contribution is -0.119. The summed E-state index contributed by atoms with van der Waals surface area (Å²) in [6.07, 6.45) is -3.18. The minimum atomic E-state index is -4.21. The molecule has 1 N–H and O–H groups in total. The van der Waals surface area contributed by atoms with Crippen molar-refractivity contribution in [1.29, 1.82) is 0 Å². The van der Waals surface area contributed by atoms with Gasteiger partial charge in [0.15, 0.2) is 5.13 Å². The second-order valence-electron chi connectivity index (χ2n) is 5.27. The summed E-state index contributed by atoms with van der Waals surface area (Å²) >= 11 is 1.36. The summed E-state index contributed by atoms with van der Waals surface area (Å²) in [5.41, 5.74) is 0.902. The van der Waals surface area contributed by atoms with Gasteiger partial charge < -0.3 is 10.2 Å². The third-order valence-electron chi connectivity index (χ3n) is 3.00. The lowest BCUT2D eigenvalue weighted by Gasteiger charge is -2.21. The summed E-state index contributed by atoms with van der Waals surface area (Å²) in [6, 6.07) is 0. The molecule has 0 saturated heterocycles. The molecule has 21 heavy (non-hydrogen) atoms. The van der Waals surface area contributed by atoms with Gasteiger partial charge in [-0.05, 0) is 25.8 Å². The van der Waals surface area contributed by atoms with E-state index in [9.17, 15) is 13.2 Å². The average molecular weight is 323 g/mol. The number of rotatable bonds is 8. The molecule has 7 heteroatoms. The predicted octanol–water partition coefficient (Wildman–Crippen LogP) is 4.15. The topological polar surface area (TPSA) is 28.2 Å². The molecule has 0 fully saturated rings. The van der Waals surface area contributed by atoms with Crippen LogP contribution in [0.1, 0.15) is 50.6 Å². The molecule has 0 aromatic carbocycles. The van der Waals surface area contributed by atoms with Crippen LogP contribution >= 0.6 is 11.3 Å². The molecule has 0 bridgehead atoms. The molecule has 0 aliphatic heterocycles. The number of thiazole rings is 1. The number of aromatic nitrogens is 1. The van der Waals surface area contributed by atoms with E-state index in [1.54, 1.807) is 6.92 Å². The molecule has 1 aromatic rings. The van der Waals surface area contributed by atoms with E-state index in [-0.39, 0.29) is 5.92 Å². The lowest BCUT2D eigenvalue weighted by Crippen LogP contribution is -2.34. The van der Waals surface area contributed by atoms with Crippen molar-refractivity contribution in [2.45, 2.75) is 52.8 Å². The molecule has 122 valence electrons. The molecule has 0 saturated carbocycles. The number of hydrogen-bond donors (Lipinski definition) is 1. The molecular weight excluding hydrogens is 299 g/mol. The molecule has 0 aliphatic rings. The Hall–Kier alpha value is -0.820. The van der Waals surface area contributed by atoms with Gasteiger partial charge in [-0.3, -0.25) is 0 Å². The van der Waals surface area contributed by atoms with Crippen LogP contribution in [0.3, 0.4) is 0 Å². The van der Waals surface area contributed by atoms with Crippen LogP contribution in [0.15, 0.2) is 0 Å². The van der Waals surface area contributed by atoms with Crippen LogP contribution in [0.5, 0.6) is 0 Å². The smallest absolute Gasteiger partial charge is 0.339 e. The first-order valence-corrected chi connectivity index (χ1v) is 8.12. The molecule has 1 aromatic heterocycles. The van der Waals surface area contributed by atoms with Crippen molar-refractivity contribution in [3.63, 3.8) is 0 Å². The predicted molar refractivity (Wildman–Crippen MR) is 82.1 cm³/mol. The second-order valence-corrected chi connectivity index (χ2v) is 6.33. The molecule has 0 atom stereocenters. The number of nitrogens with one attached hydrogen (secondary N) is 1. The summed E-state index contributed by atoms with van der Waals surface area (Å²) in [5.74, 6) is 0.206. The van der Waals surface area contributed by atoms with Crippen LogP contribution in [0.4, 0.5) is 18.3 Å². The van der Waals surface area contributed by atoms with Gasteiger partial charge in [0.25, 0.3) is 0 Å². The van der Waals surface area contributed by atoms with Crippen molar-refractivity contribution in [3.05, 3.63) is 10.6 Å². The highest BCUT2D eigenvalue weighted by molar-refractivity contribution is 7.15. The van der Waals surface area contributed by atoms with Crippen LogP contribution in [-0.2, 0) is 6.54 Å². The van der Waals surface area contributed by atoms with E-state index in [2.05, 4.69) is 17.2 Å². The number of alkyl halides is 3. The van der Waals surface area contributed by atoms with Gasteiger partial charge in [0.05, 0.1) is 5.69 Å². The normalized spacial score (nSPS) is 12.2. The maximum absolute atomic E-state index is 12.6. The molecule has 1 heterocycles. The average Bonchev–Trinajstić information content (AvgIpc) is 2.79. The van der Waals surface area contributed by atoms with E-state index in [1.165, 1.54) is 16.2 Å². The van der Waals surface area contributed by atoms with Crippen molar-refractivity contribution >= 4 is 16.5 Å². The number of halogens is 3. The molecule has 0 radical (unpaired) electrons. The van der Waals surface area contributed by atoms with Gasteiger partial charge in [0.1, 0.15) is 6.54 Å². The Kier molecular flexibility index (Phi) is 6.93. The van der Waals surface area contributed by atoms with Gasteiger partial charge in [-0.2, -0.15) is 13.2 Å².